The summed E-state index contributed by atoms with van der Waals surface area (Å²) in [5.74, 6) is 0.0566. The number of fused-ring (bicyclic) bond motifs is 1. The van der Waals surface area contributed by atoms with Crippen molar-refractivity contribution in [2.75, 3.05) is 30.4 Å². The van der Waals surface area contributed by atoms with Gasteiger partial charge in [0.15, 0.2) is 0 Å². The van der Waals surface area contributed by atoms with Crippen molar-refractivity contribution in [3.05, 3.63) is 52.5 Å². The average molecular weight is 399 g/mol. The zero-order valence-electron chi connectivity index (χ0n) is 14.6. The topological polar surface area (TPSA) is 41.6 Å². The zero-order valence-corrected chi connectivity index (χ0v) is 15.3. The van der Waals surface area contributed by atoms with Crippen LogP contribution in [0.2, 0.25) is 5.02 Å². The lowest BCUT2D eigenvalue weighted by molar-refractivity contribution is -0.137. The summed E-state index contributed by atoms with van der Waals surface area (Å²) in [4.78, 5) is 14.3. The third-order valence-corrected chi connectivity index (χ3v) is 4.73. The summed E-state index contributed by atoms with van der Waals surface area (Å²) < 4.78 is 45.0. The lowest BCUT2D eigenvalue weighted by Gasteiger charge is -2.32. The third kappa shape index (κ3) is 4.13. The van der Waals surface area contributed by atoms with Gasteiger partial charge in [0.05, 0.1) is 35.6 Å². The second kappa shape index (κ2) is 7.68. The van der Waals surface area contributed by atoms with E-state index in [4.69, 9.17) is 16.3 Å². The molecule has 1 aliphatic rings. The van der Waals surface area contributed by atoms with Gasteiger partial charge < -0.3 is 15.0 Å². The lowest BCUT2D eigenvalue weighted by atomic mass is 10.0. The first-order valence-corrected chi connectivity index (χ1v) is 8.75. The van der Waals surface area contributed by atoms with E-state index in [0.717, 1.165) is 30.2 Å². The summed E-state index contributed by atoms with van der Waals surface area (Å²) in [6.07, 6.45) is -2.92. The number of ether oxygens (including phenoxy) is 1. The predicted octanol–water partition coefficient (Wildman–Crippen LogP) is 4.76. The number of nitrogens with zero attached hydrogens (tertiary/aromatic N) is 1. The molecule has 0 radical (unpaired) electrons. The fourth-order valence-corrected chi connectivity index (χ4v) is 3.48. The molecule has 4 nitrogen and oxygen atoms in total. The Morgan fingerprint density at radius 1 is 1.26 bits per heavy atom. The SMILES string of the molecule is COc1cccc2c1N(CC(=O)Nc1c(Cl)cccc1C(F)(F)F)CCC2. The summed E-state index contributed by atoms with van der Waals surface area (Å²) >= 11 is 5.90. The van der Waals surface area contributed by atoms with Gasteiger partial charge in [-0.05, 0) is 36.6 Å². The molecule has 1 aliphatic heterocycles. The maximum Gasteiger partial charge on any atom is 0.418 e. The highest BCUT2D eigenvalue weighted by atomic mass is 35.5. The molecule has 144 valence electrons. The summed E-state index contributed by atoms with van der Waals surface area (Å²) in [6, 6.07) is 9.03. The third-order valence-electron chi connectivity index (χ3n) is 4.41. The molecule has 2 aromatic rings. The maximum absolute atomic E-state index is 13.2. The quantitative estimate of drug-likeness (QED) is 0.807. The summed E-state index contributed by atoms with van der Waals surface area (Å²) in [5, 5.41) is 2.17. The minimum absolute atomic E-state index is 0.101. The second-order valence-corrected chi connectivity index (χ2v) is 6.61. The van der Waals surface area contributed by atoms with Gasteiger partial charge in [0, 0.05) is 6.54 Å². The highest BCUT2D eigenvalue weighted by Gasteiger charge is 2.35. The number of hydrogen-bond donors (Lipinski definition) is 1. The number of amides is 1. The van der Waals surface area contributed by atoms with Crippen molar-refractivity contribution in [1.82, 2.24) is 0 Å². The fraction of sp³-hybridized carbons (Fsp3) is 0.316. The zero-order chi connectivity index (χ0) is 19.6. The van der Waals surface area contributed by atoms with Crippen LogP contribution >= 0.6 is 11.6 Å². The Hall–Kier alpha value is -2.41. The van der Waals surface area contributed by atoms with E-state index >= 15 is 0 Å². The van der Waals surface area contributed by atoms with Crippen LogP contribution < -0.4 is 15.0 Å². The molecule has 0 unspecified atom stereocenters. The maximum atomic E-state index is 13.2. The Labute approximate surface area is 159 Å². The summed E-state index contributed by atoms with van der Waals surface area (Å²) in [5.41, 5.74) is 0.452. The van der Waals surface area contributed by atoms with Gasteiger partial charge in [-0.3, -0.25) is 4.79 Å². The van der Waals surface area contributed by atoms with E-state index in [-0.39, 0.29) is 11.6 Å². The second-order valence-electron chi connectivity index (χ2n) is 6.20. The van der Waals surface area contributed by atoms with E-state index in [1.165, 1.54) is 12.1 Å². The van der Waals surface area contributed by atoms with Crippen LogP contribution in [0.4, 0.5) is 24.5 Å². The first kappa shape index (κ1) is 19.4. The number of halogens is 4. The van der Waals surface area contributed by atoms with Crippen molar-refractivity contribution in [3.63, 3.8) is 0 Å². The van der Waals surface area contributed by atoms with Crippen LogP contribution in [0.1, 0.15) is 17.5 Å². The number of carbonyl (C=O) groups excluding carboxylic acids is 1. The smallest absolute Gasteiger partial charge is 0.418 e. The predicted molar refractivity (Wildman–Crippen MR) is 98.6 cm³/mol. The molecule has 3 rings (SSSR count). The van der Waals surface area contributed by atoms with Crippen molar-refractivity contribution in [1.29, 1.82) is 0 Å². The van der Waals surface area contributed by atoms with Crippen molar-refractivity contribution in [2.24, 2.45) is 0 Å². The van der Waals surface area contributed by atoms with Gasteiger partial charge in [0.1, 0.15) is 5.75 Å². The number of nitrogens with one attached hydrogen (secondary N) is 1. The molecule has 0 aromatic heterocycles. The Morgan fingerprint density at radius 2 is 2.00 bits per heavy atom. The number of methoxy groups -OCH3 is 1. The molecule has 1 heterocycles. The van der Waals surface area contributed by atoms with E-state index in [1.54, 1.807) is 13.2 Å². The minimum Gasteiger partial charge on any atom is -0.495 e. The van der Waals surface area contributed by atoms with Crippen LogP contribution in [0.5, 0.6) is 5.75 Å². The van der Waals surface area contributed by atoms with Gasteiger partial charge in [-0.15, -0.1) is 0 Å². The summed E-state index contributed by atoms with van der Waals surface area (Å²) in [6.45, 7) is 0.505. The van der Waals surface area contributed by atoms with Crippen LogP contribution in [-0.4, -0.2) is 26.1 Å². The van der Waals surface area contributed by atoms with Crippen molar-refractivity contribution >= 4 is 28.9 Å². The van der Waals surface area contributed by atoms with Crippen LogP contribution in [0.3, 0.4) is 0 Å². The molecule has 2 aromatic carbocycles. The Morgan fingerprint density at radius 3 is 2.70 bits per heavy atom. The monoisotopic (exact) mass is 398 g/mol. The highest BCUT2D eigenvalue weighted by Crippen LogP contribution is 2.39. The molecule has 1 N–H and O–H groups in total. The number of anilines is 2. The molecule has 1 amide bonds. The first-order valence-electron chi connectivity index (χ1n) is 8.37. The molecular weight excluding hydrogens is 381 g/mol. The summed E-state index contributed by atoms with van der Waals surface area (Å²) in [7, 11) is 1.54. The average Bonchev–Trinajstić information content (AvgIpc) is 2.62. The molecule has 0 fully saturated rings. The Bertz CT molecular complexity index is 841. The van der Waals surface area contributed by atoms with E-state index < -0.39 is 23.3 Å². The molecule has 0 spiro atoms. The molecule has 0 aliphatic carbocycles. The van der Waals surface area contributed by atoms with Crippen LogP contribution in [0.15, 0.2) is 36.4 Å². The number of hydrogen-bond acceptors (Lipinski definition) is 3. The normalized spacial score (nSPS) is 13.9. The molecule has 0 saturated heterocycles. The number of rotatable bonds is 4. The van der Waals surface area contributed by atoms with Gasteiger partial charge in [0.2, 0.25) is 5.91 Å². The highest BCUT2D eigenvalue weighted by molar-refractivity contribution is 6.34. The van der Waals surface area contributed by atoms with Crippen LogP contribution in [0, 0.1) is 0 Å². The van der Waals surface area contributed by atoms with Gasteiger partial charge in [-0.25, -0.2) is 0 Å². The van der Waals surface area contributed by atoms with Gasteiger partial charge >= 0.3 is 6.18 Å². The van der Waals surface area contributed by atoms with Gasteiger partial charge in [0.25, 0.3) is 0 Å². The van der Waals surface area contributed by atoms with Crippen LogP contribution in [-0.2, 0) is 17.4 Å². The Balaban J connectivity index is 1.84. The van der Waals surface area contributed by atoms with E-state index in [1.807, 2.05) is 17.0 Å². The van der Waals surface area contributed by atoms with Crippen molar-refractivity contribution < 1.29 is 22.7 Å². The van der Waals surface area contributed by atoms with E-state index in [9.17, 15) is 18.0 Å². The first-order chi connectivity index (χ1) is 12.8. The number of aryl methyl sites for hydroxylation is 1. The molecule has 0 atom stereocenters. The minimum atomic E-state index is -4.62. The molecule has 0 bridgehead atoms. The largest absolute Gasteiger partial charge is 0.495 e. The molecule has 27 heavy (non-hydrogen) atoms. The molecule has 0 saturated carbocycles. The van der Waals surface area contributed by atoms with E-state index in [0.29, 0.717) is 12.3 Å². The molecule has 8 heteroatoms. The van der Waals surface area contributed by atoms with E-state index in [2.05, 4.69) is 5.32 Å². The number of alkyl halides is 3. The number of benzene rings is 2. The van der Waals surface area contributed by atoms with Gasteiger partial charge in [-0.1, -0.05) is 29.8 Å². The van der Waals surface area contributed by atoms with Crippen molar-refractivity contribution in [2.45, 2.75) is 19.0 Å². The molecular formula is C19H18ClF3N2O2. The Kier molecular flexibility index (Phi) is 5.51. The van der Waals surface area contributed by atoms with Gasteiger partial charge in [-0.2, -0.15) is 13.2 Å². The fourth-order valence-electron chi connectivity index (χ4n) is 3.26. The van der Waals surface area contributed by atoms with Crippen LogP contribution in [0.25, 0.3) is 0 Å². The lowest BCUT2D eigenvalue weighted by Crippen LogP contribution is -2.37. The standard InChI is InChI=1S/C19H18ClF3N2O2/c1-27-15-9-2-5-12-6-4-10-25(18(12)15)11-16(26)24-17-13(19(21,22)23)7-3-8-14(17)20/h2-3,5,7-9H,4,6,10-11H2,1H3,(H,24,26). The number of carbonyl (C=O) groups is 1. The van der Waals surface area contributed by atoms with Crippen molar-refractivity contribution in [3.8, 4) is 5.75 Å². The number of para-hydroxylation sites is 2.